The zero-order chi connectivity index (χ0) is 11.4. The average molecular weight is 439 g/mol. The molecule has 1 fully saturated rings. The second-order valence-electron chi connectivity index (χ2n) is 2.62. The van der Waals surface area contributed by atoms with E-state index in [-0.39, 0.29) is 19.5 Å². The minimum absolute atomic E-state index is 0. The van der Waals surface area contributed by atoms with Gasteiger partial charge in [-0.15, -0.1) is 5.34 Å². The van der Waals surface area contributed by atoms with Crippen molar-refractivity contribution in [3.63, 3.8) is 0 Å². The molecule has 0 aromatic heterocycles. The van der Waals surface area contributed by atoms with Crippen molar-refractivity contribution < 1.29 is 16.5 Å². The second kappa shape index (κ2) is 17.0. The Hall–Kier alpha value is 0.588. The normalized spacial score (nSPS) is 23.5. The number of rotatable bonds is 0. The van der Waals surface area contributed by atoms with Gasteiger partial charge in [0.25, 0.3) is 0 Å². The quantitative estimate of drug-likeness (QED) is 0.316. The predicted octanol–water partition coefficient (Wildman–Crippen LogP) is 4.48. The molecule has 1 rings (SSSR count). The molecular formula is C7H15Cl2N3O2Pt-4. The fraction of sp³-hybridized carbons (Fsp3) is 0.857. The van der Waals surface area contributed by atoms with Crippen LogP contribution in [0.15, 0.2) is 5.34 Å². The van der Waals surface area contributed by atoms with Gasteiger partial charge in [0.05, 0.1) is 0 Å². The van der Waals surface area contributed by atoms with Crippen LogP contribution in [0.3, 0.4) is 0 Å². The Morgan fingerprint density at radius 2 is 1.40 bits per heavy atom. The summed E-state index contributed by atoms with van der Waals surface area (Å²) in [7, 11) is 9.75. The van der Waals surface area contributed by atoms with E-state index < -0.39 is 16.5 Å². The van der Waals surface area contributed by atoms with Crippen molar-refractivity contribution in [3.8, 4) is 0 Å². The maximum Gasteiger partial charge on any atom is -0.0548 e. The minimum Gasteiger partial charge on any atom is -0.676 e. The Morgan fingerprint density at radius 3 is 1.53 bits per heavy atom. The van der Waals surface area contributed by atoms with Gasteiger partial charge in [-0.3, -0.25) is 0 Å². The van der Waals surface area contributed by atoms with Gasteiger partial charge >= 0.3 is 35.3 Å². The zero-order valence-electron chi connectivity index (χ0n) is 8.32. The zero-order valence-corrected chi connectivity index (χ0v) is 12.1. The van der Waals surface area contributed by atoms with Gasteiger partial charge in [-0.2, -0.15) is 12.1 Å². The fourth-order valence-corrected chi connectivity index (χ4v) is 1.13. The Labute approximate surface area is 107 Å². The van der Waals surface area contributed by atoms with Gasteiger partial charge in [-0.1, -0.05) is 25.7 Å². The van der Waals surface area contributed by atoms with Crippen LogP contribution in [0.25, 0.3) is 11.5 Å². The summed E-state index contributed by atoms with van der Waals surface area (Å²) in [6, 6.07) is -0.160. The number of nitrogens with zero attached hydrogens (tertiary/aromatic N) is 1. The van der Waals surface area contributed by atoms with Crippen molar-refractivity contribution in [1.82, 2.24) is 0 Å². The summed E-state index contributed by atoms with van der Waals surface area (Å²) < 4.78 is 0. The molecule has 2 N–H and O–H groups in total. The smallest absolute Gasteiger partial charge is 0.0548 e. The van der Waals surface area contributed by atoms with Crippen LogP contribution in [-0.4, -0.2) is 12.1 Å². The first-order chi connectivity index (χ1) is 6.63. The molecular weight excluding hydrogens is 424 g/mol. The standard InChI is InChI=1S/C6H12N2.CH3.2ClH.HNO2.Pt/c7-5-3-1-2-4-6(5)8;;;;2-1-3;/h5-8H,1-4H2;1H3;2*1H;(H,2,3);/q-2;-1;;;;+2/p-3. The van der Waals surface area contributed by atoms with E-state index in [0.717, 1.165) is 18.2 Å². The maximum atomic E-state index is 8.00. The van der Waals surface area contributed by atoms with Crippen LogP contribution in [0.2, 0.25) is 0 Å². The summed E-state index contributed by atoms with van der Waals surface area (Å²) in [4.78, 5) is 8.00. The molecule has 8 heteroatoms. The third-order valence-corrected chi connectivity index (χ3v) is 1.77. The fourth-order valence-electron chi connectivity index (χ4n) is 1.13. The predicted molar refractivity (Wildman–Crippen MR) is 62.0 cm³/mol. The SMILES string of the molecule is O=N[O-].[CH3-].[Cl][Pt][Cl].[NH-]C1CCCCC1[NH-]. The van der Waals surface area contributed by atoms with Gasteiger partial charge in [-0.05, 0) is 0 Å². The van der Waals surface area contributed by atoms with Crippen LogP contribution >= 0.6 is 18.8 Å². The first-order valence-corrected chi connectivity index (χ1v) is 9.46. The molecule has 0 heterocycles. The van der Waals surface area contributed by atoms with Crippen molar-refractivity contribution in [2.24, 2.45) is 5.34 Å². The maximum absolute atomic E-state index is 8.00. The number of nitrogens with one attached hydrogen (secondary N) is 2. The van der Waals surface area contributed by atoms with Crippen LogP contribution in [0.4, 0.5) is 0 Å². The Morgan fingerprint density at radius 1 is 1.20 bits per heavy atom. The molecule has 0 spiro atoms. The molecule has 0 saturated heterocycles. The van der Waals surface area contributed by atoms with E-state index in [4.69, 9.17) is 40.4 Å². The molecule has 0 aromatic rings. The summed E-state index contributed by atoms with van der Waals surface area (Å²) in [5.74, 6) is 0. The van der Waals surface area contributed by atoms with Gasteiger partial charge in [-0.25, -0.2) is 0 Å². The van der Waals surface area contributed by atoms with E-state index in [1.165, 1.54) is 12.8 Å². The van der Waals surface area contributed by atoms with Crippen molar-refractivity contribution >= 4 is 18.8 Å². The molecule has 1 saturated carbocycles. The minimum atomic E-state index is -0.472. The molecule has 2 atom stereocenters. The monoisotopic (exact) mass is 438 g/mol. The van der Waals surface area contributed by atoms with Crippen LogP contribution in [-0.2, 0) is 16.5 Å². The summed E-state index contributed by atoms with van der Waals surface area (Å²) in [5.41, 5.74) is 14.6. The molecule has 1 aliphatic rings. The summed E-state index contributed by atoms with van der Waals surface area (Å²) >= 11 is -0.472. The van der Waals surface area contributed by atoms with Crippen LogP contribution in [0.1, 0.15) is 25.7 Å². The Balaban J connectivity index is -0.000000177. The van der Waals surface area contributed by atoms with Crippen LogP contribution < -0.4 is 0 Å². The van der Waals surface area contributed by atoms with Gasteiger partial charge in [0.1, 0.15) is 0 Å². The molecule has 98 valence electrons. The average Bonchev–Trinajstić information content (AvgIpc) is 2.13. The second-order valence-corrected chi connectivity index (χ2v) is 5.90. The number of hydrogen-bond donors (Lipinski definition) is 0. The molecule has 0 radical (unpaired) electrons. The third-order valence-electron chi connectivity index (χ3n) is 1.77. The summed E-state index contributed by atoms with van der Waals surface area (Å²) in [6.45, 7) is 0. The Bertz CT molecular complexity index is 125. The Kier molecular flexibility index (Phi) is 23.7. The van der Waals surface area contributed by atoms with Gasteiger partial charge in [0.15, 0.2) is 0 Å². The van der Waals surface area contributed by atoms with E-state index in [2.05, 4.69) is 0 Å². The van der Waals surface area contributed by atoms with Crippen molar-refractivity contribution in [3.05, 3.63) is 29.0 Å². The van der Waals surface area contributed by atoms with Gasteiger partial charge < -0.3 is 29.0 Å². The van der Waals surface area contributed by atoms with Gasteiger partial charge in [0, 0.05) is 0 Å². The molecule has 0 aliphatic heterocycles. The summed E-state index contributed by atoms with van der Waals surface area (Å²) in [6.07, 6.45) is 4.25. The first kappa shape index (κ1) is 20.9. The van der Waals surface area contributed by atoms with E-state index in [9.17, 15) is 0 Å². The molecule has 2 unspecified atom stereocenters. The van der Waals surface area contributed by atoms with E-state index in [0.29, 0.717) is 0 Å². The molecule has 0 aromatic carbocycles. The van der Waals surface area contributed by atoms with Crippen LogP contribution in [0.5, 0.6) is 0 Å². The van der Waals surface area contributed by atoms with E-state index >= 15 is 0 Å². The largest absolute Gasteiger partial charge is 0.676 e. The van der Waals surface area contributed by atoms with Crippen LogP contribution in [0, 0.1) is 17.5 Å². The van der Waals surface area contributed by atoms with E-state index in [1.807, 2.05) is 0 Å². The molecule has 1 aliphatic carbocycles. The van der Waals surface area contributed by atoms with Gasteiger partial charge in [0.2, 0.25) is 0 Å². The molecule has 0 bridgehead atoms. The van der Waals surface area contributed by atoms with Crippen molar-refractivity contribution in [2.75, 3.05) is 0 Å². The van der Waals surface area contributed by atoms with Crippen molar-refractivity contribution in [1.29, 1.82) is 0 Å². The number of hydrogen-bond acceptors (Lipinski definition) is 3. The molecule has 15 heavy (non-hydrogen) atoms. The molecule has 0 amide bonds. The first-order valence-electron chi connectivity index (χ1n) is 3.83. The summed E-state index contributed by atoms with van der Waals surface area (Å²) in [5, 5.41) is 9.00. The number of halogens is 2. The van der Waals surface area contributed by atoms with Crippen molar-refractivity contribution in [2.45, 2.75) is 37.8 Å². The van der Waals surface area contributed by atoms with E-state index in [1.54, 1.807) is 0 Å². The topological polar surface area (TPSA) is 100 Å². The molecule has 5 nitrogen and oxygen atoms in total. The third kappa shape index (κ3) is 17.2.